The van der Waals surface area contributed by atoms with Gasteiger partial charge in [0.05, 0.1) is 6.10 Å². The number of hydrogen-bond donors (Lipinski definition) is 3. The van der Waals surface area contributed by atoms with E-state index in [-0.39, 0.29) is 6.10 Å². The fourth-order valence-corrected chi connectivity index (χ4v) is 2.97. The normalized spacial score (nSPS) is 31.7. The highest BCUT2D eigenvalue weighted by Gasteiger charge is 2.30. The third-order valence-electron chi connectivity index (χ3n) is 3.99. The van der Waals surface area contributed by atoms with Crippen LogP contribution in [0, 0.1) is 0 Å². The second-order valence-electron chi connectivity index (χ2n) is 5.32. The molecule has 1 fully saturated rings. The average Bonchev–Trinajstić information content (AvgIpc) is 2.28. The number of aliphatic hydroxyl groups is 1. The Kier molecular flexibility index (Phi) is 2.81. The van der Waals surface area contributed by atoms with Crippen molar-refractivity contribution in [3.8, 4) is 5.75 Å². The molecule has 0 radical (unpaired) electrons. The molecule has 3 nitrogen and oxygen atoms in total. The Bertz CT molecular complexity index is 413. The van der Waals surface area contributed by atoms with Gasteiger partial charge in [0, 0.05) is 12.1 Å². The van der Waals surface area contributed by atoms with Gasteiger partial charge in [0.2, 0.25) is 0 Å². The highest BCUT2D eigenvalue weighted by atomic mass is 16.3. The molecule has 1 unspecified atom stereocenters. The first-order valence-electron chi connectivity index (χ1n) is 6.48. The van der Waals surface area contributed by atoms with Crippen molar-refractivity contribution in [2.75, 3.05) is 0 Å². The van der Waals surface area contributed by atoms with Crippen LogP contribution in [-0.4, -0.2) is 22.4 Å². The summed E-state index contributed by atoms with van der Waals surface area (Å²) in [4.78, 5) is 0. The Morgan fingerprint density at radius 1 is 1.24 bits per heavy atom. The Labute approximate surface area is 101 Å². The smallest absolute Gasteiger partial charge is 0.115 e. The van der Waals surface area contributed by atoms with E-state index in [0.717, 1.165) is 25.7 Å². The van der Waals surface area contributed by atoms with Crippen molar-refractivity contribution in [1.82, 2.24) is 5.32 Å². The molecule has 17 heavy (non-hydrogen) atoms. The third kappa shape index (κ3) is 2.17. The molecule has 2 aliphatic carbocycles. The van der Waals surface area contributed by atoms with Crippen molar-refractivity contribution in [1.29, 1.82) is 0 Å². The zero-order valence-electron chi connectivity index (χ0n) is 9.89. The Hall–Kier alpha value is -1.06. The van der Waals surface area contributed by atoms with Gasteiger partial charge in [-0.25, -0.2) is 0 Å². The summed E-state index contributed by atoms with van der Waals surface area (Å²) in [6, 6.07) is 6.50. The molecule has 2 aliphatic rings. The summed E-state index contributed by atoms with van der Waals surface area (Å²) in [7, 11) is 0. The van der Waals surface area contributed by atoms with Crippen molar-refractivity contribution in [3.63, 3.8) is 0 Å². The molecular formula is C14H19NO2. The molecule has 92 valence electrons. The monoisotopic (exact) mass is 233 g/mol. The van der Waals surface area contributed by atoms with Crippen LogP contribution < -0.4 is 5.32 Å². The highest BCUT2D eigenvalue weighted by molar-refractivity contribution is 5.38. The standard InChI is InChI=1S/C14H19NO2/c16-11-5-4-9-2-1-3-14(13(9)8-11)15-10-6-12(17)7-10/h4-5,8,10,12,14-17H,1-3,6-7H2. The van der Waals surface area contributed by atoms with Crippen LogP contribution in [0.5, 0.6) is 5.75 Å². The SMILES string of the molecule is Oc1ccc2c(c1)C(NC1CC(O)C1)CCC2. The van der Waals surface area contributed by atoms with Gasteiger partial charge in [-0.1, -0.05) is 6.07 Å². The fourth-order valence-electron chi connectivity index (χ4n) is 2.97. The van der Waals surface area contributed by atoms with Gasteiger partial charge in [0.1, 0.15) is 5.75 Å². The van der Waals surface area contributed by atoms with E-state index in [1.807, 2.05) is 12.1 Å². The van der Waals surface area contributed by atoms with Crippen molar-refractivity contribution in [2.45, 2.75) is 50.3 Å². The first-order valence-corrected chi connectivity index (χ1v) is 6.48. The second kappa shape index (κ2) is 4.31. The zero-order chi connectivity index (χ0) is 11.8. The van der Waals surface area contributed by atoms with E-state index in [9.17, 15) is 10.2 Å². The molecule has 0 aliphatic heterocycles. The predicted octanol–water partition coefficient (Wildman–Crippen LogP) is 1.88. The second-order valence-corrected chi connectivity index (χ2v) is 5.32. The molecule has 0 bridgehead atoms. The summed E-state index contributed by atoms with van der Waals surface area (Å²) < 4.78 is 0. The Morgan fingerprint density at radius 2 is 2.06 bits per heavy atom. The maximum Gasteiger partial charge on any atom is 0.115 e. The first-order chi connectivity index (χ1) is 8.22. The number of phenols is 1. The Morgan fingerprint density at radius 3 is 2.82 bits per heavy atom. The molecule has 1 aromatic carbocycles. The van der Waals surface area contributed by atoms with Gasteiger partial charge in [0.25, 0.3) is 0 Å². The van der Waals surface area contributed by atoms with Crippen LogP contribution in [0.1, 0.15) is 42.9 Å². The van der Waals surface area contributed by atoms with E-state index < -0.39 is 0 Å². The lowest BCUT2D eigenvalue weighted by Crippen LogP contribution is -2.46. The van der Waals surface area contributed by atoms with Gasteiger partial charge >= 0.3 is 0 Å². The summed E-state index contributed by atoms with van der Waals surface area (Å²) in [6.07, 6.45) is 5.06. The van der Waals surface area contributed by atoms with Crippen LogP contribution in [0.4, 0.5) is 0 Å². The van der Waals surface area contributed by atoms with Gasteiger partial charge in [-0.05, 0) is 55.4 Å². The van der Waals surface area contributed by atoms with Crippen LogP contribution >= 0.6 is 0 Å². The lowest BCUT2D eigenvalue weighted by molar-refractivity contribution is 0.0566. The van der Waals surface area contributed by atoms with E-state index in [0.29, 0.717) is 17.8 Å². The molecule has 3 N–H and O–H groups in total. The fraction of sp³-hybridized carbons (Fsp3) is 0.571. The number of hydrogen-bond acceptors (Lipinski definition) is 3. The largest absolute Gasteiger partial charge is 0.508 e. The molecule has 1 atom stereocenters. The topological polar surface area (TPSA) is 52.5 Å². The van der Waals surface area contributed by atoms with Gasteiger partial charge in [-0.15, -0.1) is 0 Å². The molecule has 0 amide bonds. The zero-order valence-corrected chi connectivity index (χ0v) is 9.89. The highest BCUT2D eigenvalue weighted by Crippen LogP contribution is 2.34. The maximum absolute atomic E-state index is 9.59. The third-order valence-corrected chi connectivity index (χ3v) is 3.99. The molecule has 0 heterocycles. The molecule has 3 heteroatoms. The summed E-state index contributed by atoms with van der Waals surface area (Å²) in [5.41, 5.74) is 2.60. The minimum Gasteiger partial charge on any atom is -0.508 e. The van der Waals surface area contributed by atoms with Crippen LogP contribution in [0.15, 0.2) is 18.2 Å². The van der Waals surface area contributed by atoms with E-state index in [1.54, 1.807) is 6.07 Å². The van der Waals surface area contributed by atoms with Crippen molar-refractivity contribution in [2.24, 2.45) is 0 Å². The quantitative estimate of drug-likeness (QED) is 0.731. The summed E-state index contributed by atoms with van der Waals surface area (Å²) in [5.74, 6) is 0.353. The molecule has 3 rings (SSSR count). The molecule has 1 aromatic rings. The van der Waals surface area contributed by atoms with Crippen molar-refractivity contribution in [3.05, 3.63) is 29.3 Å². The number of nitrogens with one attached hydrogen (secondary N) is 1. The van der Waals surface area contributed by atoms with Crippen LogP contribution in [-0.2, 0) is 6.42 Å². The number of aromatic hydroxyl groups is 1. The van der Waals surface area contributed by atoms with Crippen LogP contribution in [0.3, 0.4) is 0 Å². The van der Waals surface area contributed by atoms with Gasteiger partial charge in [-0.2, -0.15) is 0 Å². The molecule has 0 saturated heterocycles. The maximum atomic E-state index is 9.59. The molecule has 0 aromatic heterocycles. The minimum atomic E-state index is -0.111. The van der Waals surface area contributed by atoms with E-state index in [4.69, 9.17) is 0 Å². The van der Waals surface area contributed by atoms with Crippen molar-refractivity contribution >= 4 is 0 Å². The van der Waals surface area contributed by atoms with Gasteiger partial charge in [-0.3, -0.25) is 0 Å². The van der Waals surface area contributed by atoms with Crippen LogP contribution in [0.2, 0.25) is 0 Å². The lowest BCUT2D eigenvalue weighted by atomic mass is 9.84. The summed E-state index contributed by atoms with van der Waals surface area (Å²) in [5, 5.41) is 22.5. The van der Waals surface area contributed by atoms with Crippen molar-refractivity contribution < 1.29 is 10.2 Å². The number of fused-ring (bicyclic) bond motifs is 1. The number of phenolic OH excluding ortho intramolecular Hbond substituents is 1. The number of aryl methyl sites for hydroxylation is 1. The van der Waals surface area contributed by atoms with E-state index in [2.05, 4.69) is 5.32 Å². The lowest BCUT2D eigenvalue weighted by Gasteiger charge is -2.37. The van der Waals surface area contributed by atoms with Crippen LogP contribution in [0.25, 0.3) is 0 Å². The molecule has 0 spiro atoms. The van der Waals surface area contributed by atoms with E-state index in [1.165, 1.54) is 17.5 Å². The number of benzene rings is 1. The van der Waals surface area contributed by atoms with E-state index >= 15 is 0 Å². The number of rotatable bonds is 2. The Balaban J connectivity index is 1.76. The minimum absolute atomic E-state index is 0.111. The number of aliphatic hydroxyl groups excluding tert-OH is 1. The summed E-state index contributed by atoms with van der Waals surface area (Å²) in [6.45, 7) is 0. The average molecular weight is 233 g/mol. The molecule has 1 saturated carbocycles. The summed E-state index contributed by atoms with van der Waals surface area (Å²) >= 11 is 0. The predicted molar refractivity (Wildman–Crippen MR) is 66.0 cm³/mol. The van der Waals surface area contributed by atoms with Gasteiger partial charge in [0.15, 0.2) is 0 Å². The first kappa shape index (κ1) is 11.1. The molecular weight excluding hydrogens is 214 g/mol. The van der Waals surface area contributed by atoms with Gasteiger partial charge < -0.3 is 15.5 Å².